The summed E-state index contributed by atoms with van der Waals surface area (Å²) in [6.45, 7) is 3.39. The van der Waals surface area contributed by atoms with Gasteiger partial charge in [-0.25, -0.2) is 13.4 Å². The number of aryl methyl sites for hydroxylation is 2. The summed E-state index contributed by atoms with van der Waals surface area (Å²) in [5.41, 5.74) is 1.21. The van der Waals surface area contributed by atoms with Crippen LogP contribution in [0.15, 0.2) is 23.4 Å². The molecular formula is C13H13N3O3S2. The maximum atomic E-state index is 12.3. The number of hydrogen-bond donors (Lipinski definition) is 2. The molecule has 0 saturated carbocycles. The number of hydrogen-bond acceptors (Lipinski definition) is 6. The fourth-order valence-corrected chi connectivity index (χ4v) is 3.50. The van der Waals surface area contributed by atoms with Crippen LogP contribution in [0.5, 0.6) is 0 Å². The Hall–Kier alpha value is -1.95. The van der Waals surface area contributed by atoms with Gasteiger partial charge in [0.1, 0.15) is 11.5 Å². The average molecular weight is 323 g/mol. The molecule has 2 aromatic heterocycles. The lowest BCUT2D eigenvalue weighted by Gasteiger charge is -2.04. The second-order valence-corrected chi connectivity index (χ2v) is 7.02. The van der Waals surface area contributed by atoms with E-state index >= 15 is 0 Å². The highest BCUT2D eigenvalue weighted by Crippen LogP contribution is 2.24. The van der Waals surface area contributed by atoms with Gasteiger partial charge in [0.25, 0.3) is 10.0 Å². The first kappa shape index (κ1) is 15.4. The van der Waals surface area contributed by atoms with Crippen LogP contribution in [0.1, 0.15) is 16.1 Å². The predicted octanol–water partition coefficient (Wildman–Crippen LogP) is 1.30. The molecule has 2 heterocycles. The van der Waals surface area contributed by atoms with Gasteiger partial charge in [-0.1, -0.05) is 11.8 Å². The van der Waals surface area contributed by atoms with Crippen molar-refractivity contribution in [2.45, 2.75) is 18.7 Å². The van der Waals surface area contributed by atoms with E-state index in [0.29, 0.717) is 10.7 Å². The van der Waals surface area contributed by atoms with Crippen LogP contribution >= 0.6 is 11.3 Å². The molecule has 0 aliphatic rings. The first-order valence-electron chi connectivity index (χ1n) is 5.94. The Balaban J connectivity index is 2.31. The van der Waals surface area contributed by atoms with Crippen LogP contribution in [0.2, 0.25) is 0 Å². The predicted molar refractivity (Wildman–Crippen MR) is 80.6 cm³/mol. The van der Waals surface area contributed by atoms with E-state index < -0.39 is 10.0 Å². The van der Waals surface area contributed by atoms with Crippen molar-refractivity contribution in [1.29, 1.82) is 0 Å². The van der Waals surface area contributed by atoms with E-state index in [9.17, 15) is 8.42 Å². The standard InChI is InChI=1S/C13H13N3O3S2/c1-9-10(2)20-13(15-9)16-21(18,19)12-6-11(4-3-5-17)7-14-8-12/h6-8,17H,5H2,1-2H3,(H,15,16). The molecule has 0 bridgehead atoms. The summed E-state index contributed by atoms with van der Waals surface area (Å²) in [6, 6.07) is 1.39. The van der Waals surface area contributed by atoms with Gasteiger partial charge in [0, 0.05) is 22.8 Å². The summed E-state index contributed by atoms with van der Waals surface area (Å²) in [5.74, 6) is 5.06. The molecule has 0 amide bonds. The number of anilines is 1. The lowest BCUT2D eigenvalue weighted by molar-refractivity contribution is 0.350. The van der Waals surface area contributed by atoms with Gasteiger partial charge in [-0.3, -0.25) is 9.71 Å². The minimum atomic E-state index is -3.76. The molecule has 0 radical (unpaired) electrons. The molecule has 2 aromatic rings. The van der Waals surface area contributed by atoms with Crippen molar-refractivity contribution in [3.63, 3.8) is 0 Å². The number of thiazole rings is 1. The van der Waals surface area contributed by atoms with E-state index in [4.69, 9.17) is 5.11 Å². The molecule has 110 valence electrons. The summed E-state index contributed by atoms with van der Waals surface area (Å²) in [6.07, 6.45) is 2.67. The molecule has 0 unspecified atom stereocenters. The summed E-state index contributed by atoms with van der Waals surface area (Å²) in [5, 5.41) is 8.96. The summed E-state index contributed by atoms with van der Waals surface area (Å²) in [4.78, 5) is 8.94. The molecule has 0 aliphatic heterocycles. The van der Waals surface area contributed by atoms with Crippen LogP contribution in [0.4, 0.5) is 5.13 Å². The van der Waals surface area contributed by atoms with Gasteiger partial charge in [0.15, 0.2) is 5.13 Å². The Morgan fingerprint density at radius 1 is 1.38 bits per heavy atom. The van der Waals surface area contributed by atoms with E-state index in [1.807, 2.05) is 13.8 Å². The zero-order chi connectivity index (χ0) is 15.5. The minimum Gasteiger partial charge on any atom is -0.384 e. The number of nitrogens with zero attached hydrogens (tertiary/aromatic N) is 2. The Morgan fingerprint density at radius 2 is 2.14 bits per heavy atom. The number of rotatable bonds is 3. The van der Waals surface area contributed by atoms with Crippen molar-refractivity contribution in [1.82, 2.24) is 9.97 Å². The zero-order valence-electron chi connectivity index (χ0n) is 11.4. The Kier molecular flexibility index (Phi) is 4.57. The normalized spacial score (nSPS) is 10.8. The number of aromatic nitrogens is 2. The summed E-state index contributed by atoms with van der Waals surface area (Å²) >= 11 is 1.27. The van der Waals surface area contributed by atoms with Crippen molar-refractivity contribution in [3.8, 4) is 11.8 Å². The third kappa shape index (κ3) is 3.78. The number of nitrogens with one attached hydrogen (secondary N) is 1. The maximum Gasteiger partial charge on any atom is 0.265 e. The van der Waals surface area contributed by atoms with Crippen LogP contribution in [-0.2, 0) is 10.0 Å². The first-order chi connectivity index (χ1) is 9.92. The highest BCUT2D eigenvalue weighted by Gasteiger charge is 2.17. The molecule has 0 aliphatic carbocycles. The van der Waals surface area contributed by atoms with Crippen molar-refractivity contribution >= 4 is 26.5 Å². The van der Waals surface area contributed by atoms with Crippen molar-refractivity contribution in [2.75, 3.05) is 11.3 Å². The number of aliphatic hydroxyl groups excluding tert-OH is 1. The number of aliphatic hydroxyl groups is 1. The smallest absolute Gasteiger partial charge is 0.265 e. The topological polar surface area (TPSA) is 92.2 Å². The fraction of sp³-hybridized carbons (Fsp3) is 0.231. The van der Waals surface area contributed by atoms with Gasteiger partial charge in [-0.15, -0.1) is 11.3 Å². The lowest BCUT2D eigenvalue weighted by Crippen LogP contribution is -2.13. The SMILES string of the molecule is Cc1nc(NS(=O)(=O)c2cncc(C#CCO)c2)sc1C. The minimum absolute atomic E-state index is 0.00209. The molecule has 0 atom stereocenters. The van der Waals surface area contributed by atoms with Crippen LogP contribution < -0.4 is 4.72 Å². The van der Waals surface area contributed by atoms with Gasteiger partial charge < -0.3 is 5.11 Å². The molecule has 6 nitrogen and oxygen atoms in total. The van der Waals surface area contributed by atoms with Crippen LogP contribution in [0, 0.1) is 25.7 Å². The highest BCUT2D eigenvalue weighted by atomic mass is 32.2. The summed E-state index contributed by atoms with van der Waals surface area (Å²) < 4.78 is 27.0. The van der Waals surface area contributed by atoms with E-state index in [0.717, 1.165) is 10.6 Å². The molecule has 0 spiro atoms. The quantitative estimate of drug-likeness (QED) is 0.831. The van der Waals surface area contributed by atoms with Crippen molar-refractivity contribution < 1.29 is 13.5 Å². The van der Waals surface area contributed by atoms with Crippen LogP contribution in [0.3, 0.4) is 0 Å². The third-order valence-electron chi connectivity index (χ3n) is 2.59. The average Bonchev–Trinajstić information content (AvgIpc) is 2.74. The second-order valence-electron chi connectivity index (χ2n) is 4.14. The van der Waals surface area contributed by atoms with Gasteiger partial charge in [0.2, 0.25) is 0 Å². The molecule has 21 heavy (non-hydrogen) atoms. The maximum absolute atomic E-state index is 12.3. The molecule has 0 aromatic carbocycles. The first-order valence-corrected chi connectivity index (χ1v) is 8.24. The van der Waals surface area contributed by atoms with Gasteiger partial charge in [-0.05, 0) is 19.9 Å². The van der Waals surface area contributed by atoms with E-state index in [1.54, 1.807) is 0 Å². The van der Waals surface area contributed by atoms with E-state index in [2.05, 4.69) is 26.5 Å². The highest BCUT2D eigenvalue weighted by molar-refractivity contribution is 7.93. The second kappa shape index (κ2) is 6.22. The number of sulfonamides is 1. The number of pyridine rings is 1. The van der Waals surface area contributed by atoms with Crippen LogP contribution in [0.25, 0.3) is 0 Å². The molecule has 0 fully saturated rings. The summed E-state index contributed by atoms with van der Waals surface area (Å²) in [7, 11) is -3.76. The van der Waals surface area contributed by atoms with Crippen molar-refractivity contribution in [2.24, 2.45) is 0 Å². The molecule has 2 N–H and O–H groups in total. The molecule has 8 heteroatoms. The molecule has 2 rings (SSSR count). The Bertz CT molecular complexity index is 797. The zero-order valence-corrected chi connectivity index (χ0v) is 13.0. The lowest BCUT2D eigenvalue weighted by atomic mass is 10.3. The van der Waals surface area contributed by atoms with Gasteiger partial charge in [-0.2, -0.15) is 0 Å². The molecule has 0 saturated heterocycles. The van der Waals surface area contributed by atoms with Crippen molar-refractivity contribution in [3.05, 3.63) is 34.6 Å². The fourth-order valence-electron chi connectivity index (χ4n) is 1.47. The molecular weight excluding hydrogens is 310 g/mol. The van der Waals surface area contributed by atoms with Gasteiger partial charge in [0.05, 0.1) is 5.69 Å². The van der Waals surface area contributed by atoms with E-state index in [-0.39, 0.29) is 11.5 Å². The van der Waals surface area contributed by atoms with E-state index in [1.165, 1.54) is 29.8 Å². The van der Waals surface area contributed by atoms with Crippen LogP contribution in [-0.4, -0.2) is 30.1 Å². The van der Waals surface area contributed by atoms with Gasteiger partial charge >= 0.3 is 0 Å². The largest absolute Gasteiger partial charge is 0.384 e. The third-order valence-corrected chi connectivity index (χ3v) is 5.01. The Morgan fingerprint density at radius 3 is 2.76 bits per heavy atom. The monoisotopic (exact) mass is 323 g/mol. The Labute approximate surface area is 126 Å².